The van der Waals surface area contributed by atoms with E-state index in [-0.39, 0.29) is 17.0 Å². The predicted molar refractivity (Wildman–Crippen MR) is 94.6 cm³/mol. The van der Waals surface area contributed by atoms with E-state index >= 15 is 0 Å². The maximum absolute atomic E-state index is 13.2. The van der Waals surface area contributed by atoms with Gasteiger partial charge in [-0.3, -0.25) is 0 Å². The van der Waals surface area contributed by atoms with Crippen molar-refractivity contribution in [3.05, 3.63) is 77.4 Å². The first-order chi connectivity index (χ1) is 11.9. The van der Waals surface area contributed by atoms with Crippen molar-refractivity contribution in [2.75, 3.05) is 6.54 Å². The van der Waals surface area contributed by atoms with Crippen LogP contribution in [0.4, 0.5) is 0 Å². The molecule has 5 nitrogen and oxygen atoms in total. The van der Waals surface area contributed by atoms with E-state index in [2.05, 4.69) is 0 Å². The average Bonchev–Trinajstić information content (AvgIpc) is 2.62. The summed E-state index contributed by atoms with van der Waals surface area (Å²) in [5.74, 6) is -1.09. The lowest BCUT2D eigenvalue weighted by molar-refractivity contribution is -0.133. The first-order valence-corrected chi connectivity index (χ1v) is 9.39. The number of benzene rings is 2. The number of aryl methyl sites for hydroxylation is 1. The summed E-state index contributed by atoms with van der Waals surface area (Å²) in [6, 6.07) is 15.5. The van der Waals surface area contributed by atoms with Crippen molar-refractivity contribution in [3.63, 3.8) is 0 Å². The molecule has 0 bridgehead atoms. The van der Waals surface area contributed by atoms with Gasteiger partial charge >= 0.3 is 5.97 Å². The molecule has 0 aliphatic carbocycles. The van der Waals surface area contributed by atoms with Crippen LogP contribution in [0.15, 0.2) is 71.1 Å². The molecule has 25 heavy (non-hydrogen) atoms. The van der Waals surface area contributed by atoms with Crippen LogP contribution in [-0.2, 0) is 14.8 Å². The molecule has 1 aliphatic heterocycles. The van der Waals surface area contributed by atoms with E-state index in [0.29, 0.717) is 6.42 Å². The summed E-state index contributed by atoms with van der Waals surface area (Å²) in [6.07, 6.45) is 1.94. The molecule has 0 radical (unpaired) electrons. The van der Waals surface area contributed by atoms with E-state index in [1.165, 1.54) is 4.31 Å². The van der Waals surface area contributed by atoms with Gasteiger partial charge in [0.05, 0.1) is 10.9 Å². The lowest BCUT2D eigenvalue weighted by Crippen LogP contribution is -2.39. The molecular weight excluding hydrogens is 338 g/mol. The van der Waals surface area contributed by atoms with Crippen LogP contribution in [0.5, 0.6) is 0 Å². The summed E-state index contributed by atoms with van der Waals surface area (Å²) >= 11 is 0. The van der Waals surface area contributed by atoms with Gasteiger partial charge in [-0.05, 0) is 31.0 Å². The molecule has 1 heterocycles. The molecule has 0 fully saturated rings. The zero-order chi connectivity index (χ0) is 18.0. The van der Waals surface area contributed by atoms with Gasteiger partial charge in [0.25, 0.3) is 0 Å². The van der Waals surface area contributed by atoms with Gasteiger partial charge in [-0.25, -0.2) is 13.2 Å². The maximum atomic E-state index is 13.2. The zero-order valence-corrected chi connectivity index (χ0v) is 14.6. The van der Waals surface area contributed by atoms with Gasteiger partial charge in [-0.15, -0.1) is 0 Å². The van der Waals surface area contributed by atoms with Crippen LogP contribution in [0, 0.1) is 6.92 Å². The molecular formula is C19H19NO4S. The number of carbonyl (C=O) groups is 1. The topological polar surface area (TPSA) is 74.7 Å². The summed E-state index contributed by atoms with van der Waals surface area (Å²) in [7, 11) is -3.81. The fourth-order valence-corrected chi connectivity index (χ4v) is 4.55. The lowest BCUT2D eigenvalue weighted by Gasteiger charge is -2.34. The molecule has 0 unspecified atom stereocenters. The second-order valence-corrected chi connectivity index (χ2v) is 7.95. The van der Waals surface area contributed by atoms with Crippen LogP contribution < -0.4 is 0 Å². The van der Waals surface area contributed by atoms with Crippen molar-refractivity contribution in [2.24, 2.45) is 0 Å². The van der Waals surface area contributed by atoms with Gasteiger partial charge < -0.3 is 5.11 Å². The molecule has 6 heteroatoms. The summed E-state index contributed by atoms with van der Waals surface area (Å²) in [6.45, 7) is 1.74. The Morgan fingerprint density at radius 1 is 1.08 bits per heavy atom. The number of hydrogen-bond acceptors (Lipinski definition) is 3. The molecule has 0 aromatic heterocycles. The Morgan fingerprint density at radius 3 is 2.32 bits per heavy atom. The number of rotatable bonds is 4. The Morgan fingerprint density at radius 2 is 1.72 bits per heavy atom. The minimum atomic E-state index is -3.81. The van der Waals surface area contributed by atoms with Crippen LogP contribution in [0.2, 0.25) is 0 Å². The summed E-state index contributed by atoms with van der Waals surface area (Å²) < 4.78 is 27.6. The van der Waals surface area contributed by atoms with E-state index in [0.717, 1.165) is 11.1 Å². The van der Waals surface area contributed by atoms with Gasteiger partial charge in [0, 0.05) is 12.1 Å². The first kappa shape index (κ1) is 17.4. The molecule has 0 saturated heterocycles. The number of carboxylic acids is 1. The highest BCUT2D eigenvalue weighted by molar-refractivity contribution is 7.89. The van der Waals surface area contributed by atoms with Crippen molar-refractivity contribution in [2.45, 2.75) is 24.3 Å². The van der Waals surface area contributed by atoms with E-state index in [1.54, 1.807) is 30.3 Å². The Balaban J connectivity index is 2.06. The van der Waals surface area contributed by atoms with Gasteiger partial charge in [0.2, 0.25) is 10.0 Å². The predicted octanol–water partition coefficient (Wildman–Crippen LogP) is 3.14. The smallest absolute Gasteiger partial charge is 0.332 e. The van der Waals surface area contributed by atoms with Crippen molar-refractivity contribution < 1.29 is 18.3 Å². The molecule has 3 rings (SSSR count). The van der Waals surface area contributed by atoms with Crippen molar-refractivity contribution >= 4 is 16.0 Å². The van der Waals surface area contributed by atoms with Crippen LogP contribution in [0.3, 0.4) is 0 Å². The van der Waals surface area contributed by atoms with E-state index in [4.69, 9.17) is 0 Å². The highest BCUT2D eigenvalue weighted by Crippen LogP contribution is 2.34. The standard InChI is InChI=1S/C19H19NO4S/c1-14-7-10-17(11-8-14)25(23,24)20-13-16(19(21)22)9-12-18(20)15-5-3-2-4-6-15/h2-11,18H,12-13H2,1H3,(H,21,22)/t18-/m0/s1. The third-order valence-electron chi connectivity index (χ3n) is 4.35. The first-order valence-electron chi connectivity index (χ1n) is 7.95. The Hall–Kier alpha value is -2.44. The minimum Gasteiger partial charge on any atom is -0.478 e. The van der Waals surface area contributed by atoms with E-state index in [1.807, 2.05) is 37.3 Å². The molecule has 1 N–H and O–H groups in total. The van der Waals surface area contributed by atoms with Crippen molar-refractivity contribution in [1.82, 2.24) is 4.31 Å². The highest BCUT2D eigenvalue weighted by atomic mass is 32.2. The molecule has 130 valence electrons. The normalized spacial score (nSPS) is 18.6. The number of aliphatic carboxylic acids is 1. The van der Waals surface area contributed by atoms with Gasteiger partial charge in [-0.2, -0.15) is 4.31 Å². The summed E-state index contributed by atoms with van der Waals surface area (Å²) in [5.41, 5.74) is 1.91. The summed E-state index contributed by atoms with van der Waals surface area (Å²) in [5, 5.41) is 9.30. The van der Waals surface area contributed by atoms with Gasteiger partial charge in [0.1, 0.15) is 0 Å². The Bertz CT molecular complexity index is 902. The molecule has 2 aromatic carbocycles. The lowest BCUT2D eigenvalue weighted by atomic mass is 9.98. The second-order valence-electron chi connectivity index (χ2n) is 6.06. The van der Waals surface area contributed by atoms with E-state index < -0.39 is 22.0 Å². The number of nitrogens with zero attached hydrogens (tertiary/aromatic N) is 1. The SMILES string of the molecule is Cc1ccc(S(=O)(=O)N2CC(C(=O)O)=CC[C@H]2c2ccccc2)cc1. The van der Waals surface area contributed by atoms with Crippen LogP contribution in [0.25, 0.3) is 0 Å². The molecule has 2 aromatic rings. The fourth-order valence-electron chi connectivity index (χ4n) is 2.94. The zero-order valence-electron chi connectivity index (χ0n) is 13.8. The van der Waals surface area contributed by atoms with Gasteiger partial charge in [0.15, 0.2) is 0 Å². The second kappa shape index (κ2) is 6.82. The quantitative estimate of drug-likeness (QED) is 0.912. The average molecular weight is 357 g/mol. The number of sulfonamides is 1. The van der Waals surface area contributed by atoms with Crippen molar-refractivity contribution in [3.8, 4) is 0 Å². The number of hydrogen-bond donors (Lipinski definition) is 1. The Labute approximate surface area is 147 Å². The van der Waals surface area contributed by atoms with E-state index in [9.17, 15) is 18.3 Å². The Kier molecular flexibility index (Phi) is 4.74. The monoisotopic (exact) mass is 357 g/mol. The van der Waals surface area contributed by atoms with Gasteiger partial charge in [-0.1, -0.05) is 54.1 Å². The maximum Gasteiger partial charge on any atom is 0.332 e. The molecule has 0 saturated carbocycles. The molecule has 1 atom stereocenters. The molecule has 1 aliphatic rings. The third-order valence-corrected chi connectivity index (χ3v) is 6.22. The highest BCUT2D eigenvalue weighted by Gasteiger charge is 2.36. The van der Waals surface area contributed by atoms with Crippen LogP contribution >= 0.6 is 0 Å². The third kappa shape index (κ3) is 3.50. The minimum absolute atomic E-state index is 0.0999. The van der Waals surface area contributed by atoms with Crippen LogP contribution in [-0.4, -0.2) is 30.3 Å². The summed E-state index contributed by atoms with van der Waals surface area (Å²) in [4.78, 5) is 11.5. The fraction of sp³-hybridized carbons (Fsp3) is 0.211. The largest absolute Gasteiger partial charge is 0.478 e. The molecule has 0 amide bonds. The van der Waals surface area contributed by atoms with Crippen molar-refractivity contribution in [1.29, 1.82) is 0 Å². The number of carboxylic acid groups (broad SMARTS) is 1. The molecule has 0 spiro atoms. The van der Waals surface area contributed by atoms with Crippen LogP contribution in [0.1, 0.15) is 23.6 Å².